The molecule has 0 bridgehead atoms. The molecule has 3 fully saturated rings. The van der Waals surface area contributed by atoms with E-state index < -0.39 is 183 Å². The molecule has 35 heteroatoms. The van der Waals surface area contributed by atoms with Gasteiger partial charge in [0, 0.05) is 61.5 Å². The van der Waals surface area contributed by atoms with Crippen molar-refractivity contribution in [3.63, 3.8) is 0 Å². The Morgan fingerprint density at radius 3 is 1.91 bits per heavy atom. The van der Waals surface area contributed by atoms with Gasteiger partial charge >= 0.3 is 29.6 Å². The molecule has 14 atom stereocenters. The third-order valence-electron chi connectivity index (χ3n) is 16.6. The number of para-hydroxylation sites is 1. The van der Waals surface area contributed by atoms with Crippen LogP contribution in [0.1, 0.15) is 61.6 Å². The second kappa shape index (κ2) is 35.5. The molecule has 0 saturated carbocycles. The van der Waals surface area contributed by atoms with Gasteiger partial charge in [-0.1, -0.05) is 55.5 Å². The van der Waals surface area contributed by atoms with Crippen molar-refractivity contribution in [3.05, 3.63) is 132 Å². The number of ether oxygens (including phenoxy) is 2. The molecule has 528 valence electrons. The van der Waals surface area contributed by atoms with Gasteiger partial charge in [-0.05, 0) is 96.4 Å². The van der Waals surface area contributed by atoms with Crippen LogP contribution >= 0.6 is 12.3 Å². The van der Waals surface area contributed by atoms with Gasteiger partial charge in [0.15, 0.2) is 11.5 Å². The van der Waals surface area contributed by atoms with Crippen molar-refractivity contribution >= 4 is 59.6 Å². The number of primary amides is 1. The summed E-state index contributed by atoms with van der Waals surface area (Å²) in [5.41, 5.74) is 7.75. The molecule has 100 heavy (non-hydrogen) atoms. The number of fused-ring (bicyclic) bond motifs is 2. The molecule has 0 spiro atoms. The number of nitrogens with one attached hydrogen (secondary N) is 5. The van der Waals surface area contributed by atoms with Gasteiger partial charge in [0.1, 0.15) is 60.0 Å². The maximum atomic E-state index is 14.7. The van der Waals surface area contributed by atoms with Crippen LogP contribution < -0.4 is 80.8 Å². The van der Waals surface area contributed by atoms with Crippen molar-refractivity contribution in [1.82, 2.24) is 46.6 Å². The van der Waals surface area contributed by atoms with Crippen LogP contribution in [0.5, 0.6) is 23.0 Å². The summed E-state index contributed by atoms with van der Waals surface area (Å²) in [4.78, 5) is 115. The topological polar surface area (TPSA) is 499 Å². The molecule has 0 aliphatic carbocycles. The number of hydrogen-bond donors (Lipinski definition) is 14. The number of rotatable bonds is 22. The van der Waals surface area contributed by atoms with E-state index in [0.29, 0.717) is 41.4 Å². The zero-order valence-electron chi connectivity index (χ0n) is 54.0. The Balaban J connectivity index is 0.0000127. The van der Waals surface area contributed by atoms with Crippen molar-refractivity contribution in [3.8, 4) is 57.0 Å². The fourth-order valence-electron chi connectivity index (χ4n) is 11.4. The van der Waals surface area contributed by atoms with Crippen LogP contribution in [0, 0.1) is 5.92 Å². The Morgan fingerprint density at radius 2 is 1.29 bits per heavy atom. The molecule has 3 aliphatic heterocycles. The monoisotopic (exact) mass is 1420 g/mol. The molecular formula is C65H73N10NaO23S. The maximum Gasteiger partial charge on any atom is 1.00 e. The van der Waals surface area contributed by atoms with E-state index in [1.54, 1.807) is 0 Å². The smallest absolute Gasteiger partial charge is 0.691 e. The average Bonchev–Trinajstić information content (AvgIpc) is 1.65. The number of nitrogens with zero attached hydrogens (tertiary/aromatic N) is 4. The van der Waals surface area contributed by atoms with Crippen LogP contribution in [0.2, 0.25) is 0 Å². The number of hydrogen-bond acceptors (Lipinski definition) is 26. The Morgan fingerprint density at radius 1 is 0.710 bits per heavy atom. The predicted octanol–water partition coefficient (Wildman–Crippen LogP) is -4.89. The predicted molar refractivity (Wildman–Crippen MR) is 341 cm³/mol. The molecule has 5 aromatic carbocycles. The van der Waals surface area contributed by atoms with E-state index in [1.165, 1.54) is 31.2 Å². The van der Waals surface area contributed by atoms with E-state index in [9.17, 15) is 84.5 Å². The van der Waals surface area contributed by atoms with Gasteiger partial charge in [0.05, 0.1) is 50.2 Å². The first kappa shape index (κ1) is 76.9. The van der Waals surface area contributed by atoms with E-state index in [2.05, 4.69) is 46.2 Å². The van der Waals surface area contributed by atoms with Crippen molar-refractivity contribution in [2.75, 3.05) is 32.8 Å². The van der Waals surface area contributed by atoms with Crippen LogP contribution in [0.15, 0.2) is 126 Å². The van der Waals surface area contributed by atoms with Crippen molar-refractivity contribution in [1.29, 1.82) is 0 Å². The molecule has 0 radical (unpaired) electrons. The molecule has 9 rings (SSSR count). The van der Waals surface area contributed by atoms with Crippen LogP contribution in [0.4, 0.5) is 0 Å². The van der Waals surface area contributed by atoms with Crippen molar-refractivity contribution < 1.29 is 141 Å². The largest absolute Gasteiger partial charge is 1.00 e. The van der Waals surface area contributed by atoms with Gasteiger partial charge in [-0.3, -0.25) is 43.4 Å². The van der Waals surface area contributed by atoms with E-state index in [4.69, 9.17) is 23.8 Å². The summed E-state index contributed by atoms with van der Waals surface area (Å²) in [6.07, 6.45) is -15.7. The molecule has 6 aromatic rings. The number of amides is 8. The normalized spacial score (nSPS) is 23.7. The number of phenols is 1. The fourth-order valence-corrected chi connectivity index (χ4v) is 11.7. The summed E-state index contributed by atoms with van der Waals surface area (Å²) in [7, 11) is 0. The van der Waals surface area contributed by atoms with E-state index in [0.717, 1.165) is 46.9 Å². The number of nitrogens with two attached hydrogens (primary N) is 1. The molecule has 3 aliphatic rings. The minimum atomic E-state index is -2.55. The first-order valence-electron chi connectivity index (χ1n) is 31.1. The summed E-state index contributed by atoms with van der Waals surface area (Å²) >= 11 is -0.0908. The quantitative estimate of drug-likeness (QED) is 0.00996. The SMILES string of the molecule is CC(O)C1NC(=O)[C@@H](NC(=O)c2ccc(-c3nnc(-c4ccc(-c5ccc(OCCCOc6ccccc6)cc5)cc4)o3)cc2)CC(O)CNC(=O)C2C(O)C(C)CN2C(=O)C(C(O)CC(N)=O)NC(=O)C(C(O)C(O)c2ccc(O)c(OSOO[O-])c2)NC(=O)C2CC(O)CN2C1=O.[Na+]. The Kier molecular flexibility index (Phi) is 27.3. The number of aromatic nitrogens is 2. The molecule has 3 saturated heterocycles. The van der Waals surface area contributed by atoms with Crippen LogP contribution in [-0.2, 0) is 42.9 Å². The molecule has 8 amide bonds. The van der Waals surface area contributed by atoms with Crippen LogP contribution in [-0.4, -0.2) is 214 Å². The fraction of sp³-hybridized carbons (Fsp3) is 0.385. The summed E-state index contributed by atoms with van der Waals surface area (Å²) in [5, 5.41) is 124. The molecule has 15 N–H and O–H groups in total. The van der Waals surface area contributed by atoms with Crippen molar-refractivity contribution in [2.45, 2.75) is 119 Å². The molecule has 13 unspecified atom stereocenters. The zero-order valence-corrected chi connectivity index (χ0v) is 56.8. The van der Waals surface area contributed by atoms with Gasteiger partial charge in [-0.25, -0.2) is 0 Å². The van der Waals surface area contributed by atoms with Gasteiger partial charge < -0.3 is 106 Å². The molecule has 4 heterocycles. The number of phenolic OH excluding ortho intramolecular Hbond substituents is 1. The van der Waals surface area contributed by atoms with E-state index in [-0.39, 0.29) is 64.8 Å². The van der Waals surface area contributed by atoms with Gasteiger partial charge in [-0.2, -0.15) is 0 Å². The standard InChI is InChI=1S/C65H74N10O23S.Na/c1-32-30-75-53(54(32)82)61(89)67-29-40(77)26-44(68-57(85)36-11-15-38(16-12-36)63-73-72-62(95-63)37-13-9-34(10-14-37)35-17-20-43(21-18-35)94-24-6-23-93-42-7-4-3-5-8-42)58(86)69-50(33(2)76)64(90)74-31-41(78)27-45(74)59(87)71-52(60(88)70-51(65(75)91)47(80)28-49(66)81)56(84)55(83)39-19-22-46(79)48(25-39)96-99-98-97-92;/h3-5,7-22,25,32-33,40-41,44-45,47,50-56,76-80,82-84,92H,6,23-24,26-31H2,1-2H3,(H2,66,81)(H,67,89)(H,68,85)(H,69,86)(H,70,88)(H,71,87);/q;+1/p-1/t32?,33?,40?,41?,44-,45?,47?,50?,51?,52?,53?,54?,55?,56?;/m0./s1. The second-order valence-corrected chi connectivity index (χ2v) is 24.2. The van der Waals surface area contributed by atoms with E-state index in [1.807, 2.05) is 78.9 Å². The number of aliphatic hydroxyl groups excluding tert-OH is 7. The summed E-state index contributed by atoms with van der Waals surface area (Å²) in [6.45, 7) is 1.59. The first-order valence-corrected chi connectivity index (χ1v) is 31.8. The Labute approximate surface area is 596 Å². The Hall–Kier alpha value is -8.85. The summed E-state index contributed by atoms with van der Waals surface area (Å²) in [5.74, 6) is -10.4. The van der Waals surface area contributed by atoms with Gasteiger partial charge in [0.25, 0.3) is 18.2 Å². The summed E-state index contributed by atoms with van der Waals surface area (Å²) in [6, 6.07) is 20.6. The number of aliphatic hydroxyl groups is 7. The number of carbonyl (C=O) groups is 8. The van der Waals surface area contributed by atoms with Gasteiger partial charge in [0.2, 0.25) is 53.1 Å². The van der Waals surface area contributed by atoms with Gasteiger partial charge in [-0.15, -0.1) is 14.5 Å². The first-order chi connectivity index (χ1) is 47.4. The third kappa shape index (κ3) is 19.4. The molecule has 33 nitrogen and oxygen atoms in total. The number of β-amino-alcohol motifs (C(OH)–C–C–N with tert-alkyl or cyclic N) is 1. The minimum absolute atomic E-state index is 0. The number of carbonyl (C=O) groups excluding carboxylic acids is 8. The van der Waals surface area contributed by atoms with Crippen LogP contribution in [0.25, 0.3) is 34.0 Å². The minimum Gasteiger partial charge on any atom is -0.691 e. The molecule has 1 aromatic heterocycles. The van der Waals surface area contributed by atoms with Crippen LogP contribution in [0.3, 0.4) is 0 Å². The second-order valence-electron chi connectivity index (χ2n) is 23.8. The number of aromatic hydroxyl groups is 1. The Bertz CT molecular complexity index is 3810. The molecular weight excluding hydrogens is 1340 g/mol. The number of benzene rings is 5. The summed E-state index contributed by atoms with van der Waals surface area (Å²) < 4.78 is 26.7. The maximum absolute atomic E-state index is 14.7. The van der Waals surface area contributed by atoms with E-state index >= 15 is 0 Å². The third-order valence-corrected chi connectivity index (χ3v) is 17.0. The van der Waals surface area contributed by atoms with Crippen molar-refractivity contribution in [2.24, 2.45) is 11.7 Å². The average molecular weight is 1420 g/mol. The zero-order chi connectivity index (χ0) is 71.2.